The van der Waals surface area contributed by atoms with E-state index >= 15 is 0 Å². The van der Waals surface area contributed by atoms with Gasteiger partial charge >= 0.3 is 89.5 Å². The Balaban J connectivity index is -0.000000301. The number of carbonyl (C=O) groups excluding carboxylic acids is 4. The maximum absolute atomic E-state index is 10.7. The summed E-state index contributed by atoms with van der Waals surface area (Å²) < 4.78 is 0. The van der Waals surface area contributed by atoms with Gasteiger partial charge in [-0.1, -0.05) is 0 Å². The quantitative estimate of drug-likeness (QED) is 0.205. The van der Waals surface area contributed by atoms with Crippen LogP contribution in [-0.4, -0.2) is 42.0 Å². The molecule has 0 radical (unpaired) electrons. The molecule has 0 aromatic heterocycles. The molecular weight excluding hydrogens is 708 g/mol. The summed E-state index contributed by atoms with van der Waals surface area (Å²) >= 11 is 0. The van der Waals surface area contributed by atoms with E-state index in [1.165, 1.54) is 0 Å². The van der Waals surface area contributed by atoms with Crippen LogP contribution in [0.15, 0.2) is 0 Å². The standard InChI is InChI=1S/C10H16N2O8.4Ag/c11-5(1-6(13)14)10(2-7(15)16,3-8(17)18)12-4-9(19)20;;;;/h5,12H,1-4,11H2,(H,13,14)(H,15,16)(H,17,18)(H,19,20);;;;/q;4*+1/p-4. The fourth-order valence-corrected chi connectivity index (χ4v) is 1.72. The van der Waals surface area contributed by atoms with E-state index < -0.39 is 61.3 Å². The van der Waals surface area contributed by atoms with E-state index in [1.807, 2.05) is 0 Å². The average Bonchev–Trinajstić information content (AvgIpc) is 2.23. The molecule has 0 heterocycles. The summed E-state index contributed by atoms with van der Waals surface area (Å²) in [6.07, 6.45) is -2.94. The van der Waals surface area contributed by atoms with Crippen LogP contribution in [0.2, 0.25) is 0 Å². The summed E-state index contributed by atoms with van der Waals surface area (Å²) in [6, 6.07) is -1.55. The first-order chi connectivity index (χ1) is 9.09. The molecule has 0 amide bonds. The molecule has 24 heavy (non-hydrogen) atoms. The van der Waals surface area contributed by atoms with Gasteiger partial charge < -0.3 is 50.7 Å². The largest absolute Gasteiger partial charge is 1.00 e. The number of hydrogen-bond acceptors (Lipinski definition) is 10. The Hall–Kier alpha value is 0.761. The molecule has 3 N–H and O–H groups in total. The van der Waals surface area contributed by atoms with E-state index in [-0.39, 0.29) is 89.5 Å². The number of nitrogens with one attached hydrogen (secondary N) is 1. The molecule has 0 saturated heterocycles. The van der Waals surface area contributed by atoms with Crippen molar-refractivity contribution in [2.45, 2.75) is 30.8 Å². The summed E-state index contributed by atoms with van der Waals surface area (Å²) in [5.74, 6) is -6.81. The third-order valence-electron chi connectivity index (χ3n) is 2.60. The van der Waals surface area contributed by atoms with Crippen molar-refractivity contribution >= 4 is 23.9 Å². The summed E-state index contributed by atoms with van der Waals surface area (Å²) in [6.45, 7) is -0.929. The Kier molecular flexibility index (Phi) is 25.6. The average molecular weight is 720 g/mol. The van der Waals surface area contributed by atoms with E-state index in [9.17, 15) is 39.6 Å². The maximum Gasteiger partial charge on any atom is 1.00 e. The number of rotatable bonds is 10. The van der Waals surface area contributed by atoms with Crippen LogP contribution in [-0.2, 0) is 109 Å². The molecule has 0 fully saturated rings. The van der Waals surface area contributed by atoms with E-state index in [1.54, 1.807) is 0 Å². The van der Waals surface area contributed by atoms with Crippen molar-refractivity contribution < 1.29 is 129 Å². The fraction of sp³-hybridized carbons (Fsp3) is 0.600. The van der Waals surface area contributed by atoms with E-state index in [4.69, 9.17) is 5.73 Å². The van der Waals surface area contributed by atoms with Crippen molar-refractivity contribution in [2.24, 2.45) is 5.73 Å². The molecule has 0 saturated carbocycles. The van der Waals surface area contributed by atoms with Crippen LogP contribution in [0.25, 0.3) is 0 Å². The third-order valence-corrected chi connectivity index (χ3v) is 2.60. The van der Waals surface area contributed by atoms with Gasteiger partial charge in [0.1, 0.15) is 0 Å². The normalized spacial score (nSPS) is 10.5. The summed E-state index contributed by atoms with van der Waals surface area (Å²) in [4.78, 5) is 42.3. The molecule has 0 spiro atoms. The molecule has 0 aliphatic heterocycles. The topological polar surface area (TPSA) is 199 Å². The number of nitrogens with two attached hydrogens (primary N) is 1. The molecule has 1 atom stereocenters. The second-order valence-corrected chi connectivity index (χ2v) is 4.16. The number of aliphatic carboxylic acids is 4. The molecule has 0 aliphatic rings. The molecule has 0 aliphatic carbocycles. The van der Waals surface area contributed by atoms with Crippen LogP contribution in [0.1, 0.15) is 19.3 Å². The molecule has 154 valence electrons. The van der Waals surface area contributed by atoms with E-state index in [2.05, 4.69) is 5.32 Å². The number of hydrogen-bond donors (Lipinski definition) is 2. The van der Waals surface area contributed by atoms with E-state index in [0.29, 0.717) is 0 Å². The van der Waals surface area contributed by atoms with Gasteiger partial charge in [0.05, 0.1) is 5.97 Å². The summed E-state index contributed by atoms with van der Waals surface area (Å²) in [7, 11) is 0. The molecule has 14 heteroatoms. The zero-order valence-corrected chi connectivity index (χ0v) is 17.4. The maximum atomic E-state index is 10.7. The molecule has 10 nitrogen and oxygen atoms in total. The molecule has 0 rings (SSSR count). The van der Waals surface area contributed by atoms with Crippen LogP contribution in [0, 0.1) is 0 Å². The number of carboxylic acid groups (broad SMARTS) is 4. The zero-order chi connectivity index (χ0) is 15.9. The smallest absolute Gasteiger partial charge is 0.550 e. The van der Waals surface area contributed by atoms with E-state index in [0.717, 1.165) is 0 Å². The van der Waals surface area contributed by atoms with Crippen molar-refractivity contribution in [3.63, 3.8) is 0 Å². The zero-order valence-electron chi connectivity index (χ0n) is 11.5. The van der Waals surface area contributed by atoms with Gasteiger partial charge in [0.25, 0.3) is 0 Å². The SMILES string of the molecule is NC(CC(=O)[O-])C(CC(=O)[O-])(CC(=O)[O-])NCC(=O)[O-].[Ag+].[Ag+].[Ag+].[Ag+]. The van der Waals surface area contributed by atoms with Crippen molar-refractivity contribution in [2.75, 3.05) is 6.54 Å². The third kappa shape index (κ3) is 15.1. The van der Waals surface area contributed by atoms with Gasteiger partial charge in [-0.3, -0.25) is 0 Å². The first-order valence-electron chi connectivity index (χ1n) is 5.39. The predicted molar refractivity (Wildman–Crippen MR) is 52.6 cm³/mol. The van der Waals surface area contributed by atoms with Crippen LogP contribution in [0.5, 0.6) is 0 Å². The second-order valence-electron chi connectivity index (χ2n) is 4.16. The van der Waals surface area contributed by atoms with Gasteiger partial charge in [0.2, 0.25) is 0 Å². The Labute approximate surface area is 199 Å². The Morgan fingerprint density at radius 1 is 0.792 bits per heavy atom. The van der Waals surface area contributed by atoms with Crippen molar-refractivity contribution in [3.05, 3.63) is 0 Å². The van der Waals surface area contributed by atoms with Gasteiger partial charge in [-0.15, -0.1) is 0 Å². The minimum absolute atomic E-state index is 0. The first-order valence-corrected chi connectivity index (χ1v) is 5.39. The van der Waals surface area contributed by atoms with Crippen molar-refractivity contribution in [1.29, 1.82) is 0 Å². The van der Waals surface area contributed by atoms with Crippen molar-refractivity contribution in [1.82, 2.24) is 5.32 Å². The van der Waals surface area contributed by atoms with Crippen LogP contribution in [0.3, 0.4) is 0 Å². The Morgan fingerprint density at radius 2 is 1.17 bits per heavy atom. The van der Waals surface area contributed by atoms with Gasteiger partial charge in [-0.2, -0.15) is 0 Å². The number of carbonyl (C=O) groups is 4. The van der Waals surface area contributed by atoms with Gasteiger partial charge in [0, 0.05) is 55.3 Å². The fourth-order valence-electron chi connectivity index (χ4n) is 1.72. The van der Waals surface area contributed by atoms with Gasteiger partial charge in [0.15, 0.2) is 0 Å². The first kappa shape index (κ1) is 35.8. The van der Waals surface area contributed by atoms with Crippen LogP contribution < -0.4 is 31.5 Å². The molecule has 0 aromatic carbocycles. The Bertz CT molecular complexity index is 408. The minimum Gasteiger partial charge on any atom is -0.550 e. The molecular formula is C10H12Ag4N2O8. The second kappa shape index (κ2) is 17.2. The molecule has 0 bridgehead atoms. The van der Waals surface area contributed by atoms with Crippen LogP contribution >= 0.6 is 0 Å². The minimum atomic E-state index is -2.07. The Morgan fingerprint density at radius 3 is 1.42 bits per heavy atom. The van der Waals surface area contributed by atoms with Gasteiger partial charge in [-0.25, -0.2) is 0 Å². The van der Waals surface area contributed by atoms with Crippen molar-refractivity contribution in [3.8, 4) is 0 Å². The monoisotopic (exact) mass is 716 g/mol. The number of carboxylic acids is 4. The summed E-state index contributed by atoms with van der Waals surface area (Å²) in [5.41, 5.74) is 3.39. The summed E-state index contributed by atoms with van der Waals surface area (Å²) in [5, 5.41) is 44.3. The molecule has 0 aromatic rings. The predicted octanol–water partition coefficient (Wildman–Crippen LogP) is -7.20. The van der Waals surface area contributed by atoms with Gasteiger partial charge in [-0.05, 0) is 0 Å². The van der Waals surface area contributed by atoms with Crippen LogP contribution in [0.4, 0.5) is 0 Å². The molecule has 1 unspecified atom stereocenters.